The minimum Gasteiger partial charge on any atom is -0.858 e. The Morgan fingerprint density at radius 3 is 2.85 bits per heavy atom. The normalized spacial score (nSPS) is 14.3. The fourth-order valence-electron chi connectivity index (χ4n) is 2.58. The molecule has 8 heteroatoms. The van der Waals surface area contributed by atoms with E-state index in [0.717, 1.165) is 12.8 Å². The van der Waals surface area contributed by atoms with Crippen molar-refractivity contribution in [2.45, 2.75) is 39.7 Å². The second-order valence-electron chi connectivity index (χ2n) is 6.08. The number of aromatic nitrogens is 3. The Kier molecular flexibility index (Phi) is 5.20. The SMILES string of the molecule is CCN=C([O-])c1ccc(-n2nnc(C(=O)NC3CC3)c2C)c(OCC)c1. The molecule has 0 atom stereocenters. The monoisotopic (exact) mass is 356 g/mol. The van der Waals surface area contributed by atoms with Gasteiger partial charge in [0.25, 0.3) is 5.91 Å². The van der Waals surface area contributed by atoms with Crippen molar-refractivity contribution in [2.75, 3.05) is 13.2 Å². The number of amides is 1. The van der Waals surface area contributed by atoms with Gasteiger partial charge >= 0.3 is 0 Å². The smallest absolute Gasteiger partial charge is 0.273 e. The first kappa shape index (κ1) is 17.9. The lowest BCUT2D eigenvalue weighted by molar-refractivity contribution is -0.213. The summed E-state index contributed by atoms with van der Waals surface area (Å²) in [4.78, 5) is 16.2. The third kappa shape index (κ3) is 3.68. The molecule has 8 nitrogen and oxygen atoms in total. The van der Waals surface area contributed by atoms with Crippen molar-refractivity contribution in [3.05, 3.63) is 35.2 Å². The number of aliphatic imine (C=N–C) groups is 1. The predicted octanol–water partition coefficient (Wildman–Crippen LogP) is 0.993. The molecule has 2 aromatic rings. The molecule has 0 radical (unpaired) electrons. The number of hydrogen-bond donors (Lipinski definition) is 1. The topological polar surface area (TPSA) is 104 Å². The Morgan fingerprint density at radius 2 is 2.19 bits per heavy atom. The second-order valence-corrected chi connectivity index (χ2v) is 6.08. The molecule has 26 heavy (non-hydrogen) atoms. The highest BCUT2D eigenvalue weighted by atomic mass is 16.5. The van der Waals surface area contributed by atoms with Crippen LogP contribution in [0.3, 0.4) is 0 Å². The van der Waals surface area contributed by atoms with Gasteiger partial charge in [-0.1, -0.05) is 11.3 Å². The Labute approximate surface area is 151 Å². The van der Waals surface area contributed by atoms with Crippen LogP contribution in [0.4, 0.5) is 0 Å². The molecule has 0 bridgehead atoms. The van der Waals surface area contributed by atoms with Crippen molar-refractivity contribution in [3.8, 4) is 11.4 Å². The largest absolute Gasteiger partial charge is 0.858 e. The molecular formula is C18H22N5O3-. The van der Waals surface area contributed by atoms with Crippen molar-refractivity contribution in [2.24, 2.45) is 4.99 Å². The number of ether oxygens (including phenoxy) is 1. The molecule has 0 saturated heterocycles. The van der Waals surface area contributed by atoms with Gasteiger partial charge in [-0.15, -0.1) is 5.10 Å². The first-order valence-corrected chi connectivity index (χ1v) is 8.77. The number of hydrogen-bond acceptors (Lipinski definition) is 6. The van der Waals surface area contributed by atoms with Gasteiger partial charge in [0, 0.05) is 12.6 Å². The van der Waals surface area contributed by atoms with E-state index in [4.69, 9.17) is 4.74 Å². The van der Waals surface area contributed by atoms with E-state index in [0.29, 0.717) is 41.5 Å². The summed E-state index contributed by atoms with van der Waals surface area (Å²) >= 11 is 0. The lowest BCUT2D eigenvalue weighted by Gasteiger charge is -2.16. The molecule has 1 aliphatic rings. The van der Waals surface area contributed by atoms with Crippen LogP contribution in [0.15, 0.2) is 23.2 Å². The number of rotatable bonds is 7. The summed E-state index contributed by atoms with van der Waals surface area (Å²) in [6.07, 6.45) is 2.01. The van der Waals surface area contributed by atoms with E-state index in [2.05, 4.69) is 20.6 Å². The molecule has 1 amide bonds. The highest BCUT2D eigenvalue weighted by Crippen LogP contribution is 2.26. The zero-order chi connectivity index (χ0) is 18.7. The number of nitrogens with one attached hydrogen (secondary N) is 1. The summed E-state index contributed by atoms with van der Waals surface area (Å²) in [5.41, 5.74) is 1.97. The van der Waals surface area contributed by atoms with E-state index >= 15 is 0 Å². The Morgan fingerprint density at radius 1 is 1.42 bits per heavy atom. The molecule has 1 aromatic heterocycles. The van der Waals surface area contributed by atoms with Crippen LogP contribution in [0.25, 0.3) is 5.69 Å². The van der Waals surface area contributed by atoms with Gasteiger partial charge in [0.15, 0.2) is 5.69 Å². The maximum Gasteiger partial charge on any atom is 0.273 e. The molecule has 0 aliphatic heterocycles. The highest BCUT2D eigenvalue weighted by Gasteiger charge is 2.27. The molecule has 1 saturated carbocycles. The summed E-state index contributed by atoms with van der Waals surface area (Å²) in [5.74, 6) is -0.0191. The van der Waals surface area contributed by atoms with Crippen LogP contribution >= 0.6 is 0 Å². The lowest BCUT2D eigenvalue weighted by Crippen LogP contribution is -2.26. The van der Waals surface area contributed by atoms with Gasteiger partial charge in [-0.3, -0.25) is 4.79 Å². The summed E-state index contributed by atoms with van der Waals surface area (Å²) in [7, 11) is 0. The van der Waals surface area contributed by atoms with Crippen molar-refractivity contribution >= 4 is 11.8 Å². The Bertz CT molecular complexity index is 839. The molecule has 1 aromatic carbocycles. The van der Waals surface area contributed by atoms with Gasteiger partial charge < -0.3 is 20.2 Å². The minimum absolute atomic E-state index is 0.220. The maximum atomic E-state index is 12.3. The first-order valence-electron chi connectivity index (χ1n) is 8.77. The van der Waals surface area contributed by atoms with Gasteiger partial charge in [-0.05, 0) is 57.2 Å². The van der Waals surface area contributed by atoms with Gasteiger partial charge in [-0.2, -0.15) is 0 Å². The van der Waals surface area contributed by atoms with Crippen LogP contribution in [-0.4, -0.2) is 46.0 Å². The van der Waals surface area contributed by atoms with Crippen molar-refractivity contribution in [1.82, 2.24) is 20.3 Å². The molecule has 3 rings (SSSR count). The average Bonchev–Trinajstić information content (AvgIpc) is 3.35. The number of benzene rings is 1. The predicted molar refractivity (Wildman–Crippen MR) is 94.8 cm³/mol. The van der Waals surface area contributed by atoms with E-state index < -0.39 is 0 Å². The number of nitrogens with zero attached hydrogens (tertiary/aromatic N) is 4. The van der Waals surface area contributed by atoms with Crippen molar-refractivity contribution in [1.29, 1.82) is 0 Å². The molecule has 1 aliphatic carbocycles. The van der Waals surface area contributed by atoms with E-state index in [9.17, 15) is 9.90 Å². The summed E-state index contributed by atoms with van der Waals surface area (Å²) < 4.78 is 7.23. The van der Waals surface area contributed by atoms with Gasteiger partial charge in [0.05, 0.1) is 12.3 Å². The van der Waals surface area contributed by atoms with Gasteiger partial charge in [-0.25, -0.2) is 4.68 Å². The molecular weight excluding hydrogens is 334 g/mol. The lowest BCUT2D eigenvalue weighted by atomic mass is 10.1. The molecule has 1 fully saturated rings. The van der Waals surface area contributed by atoms with Crippen LogP contribution in [0.5, 0.6) is 5.75 Å². The second kappa shape index (κ2) is 7.55. The summed E-state index contributed by atoms with van der Waals surface area (Å²) in [6, 6.07) is 5.29. The number of carbonyl (C=O) groups excluding carboxylic acids is 1. The quantitative estimate of drug-likeness (QED) is 0.588. The van der Waals surface area contributed by atoms with E-state index in [1.807, 2.05) is 13.8 Å². The van der Waals surface area contributed by atoms with E-state index in [1.165, 1.54) is 0 Å². The van der Waals surface area contributed by atoms with Crippen molar-refractivity contribution < 1.29 is 14.6 Å². The van der Waals surface area contributed by atoms with Gasteiger partial charge in [0.2, 0.25) is 0 Å². The first-order chi connectivity index (χ1) is 12.5. The Balaban J connectivity index is 1.96. The van der Waals surface area contributed by atoms with E-state index in [1.54, 1.807) is 29.8 Å². The minimum atomic E-state index is -0.292. The molecule has 1 N–H and O–H groups in total. The standard InChI is InChI=1S/C18H23N5O3/c1-4-19-17(24)12-6-9-14(15(10-12)26-5-2)23-11(3)16(21-22-23)18(25)20-13-7-8-13/h6,9-10,13H,4-5,7-8H2,1-3H3,(H,19,24)(H,20,25)/p-1. The van der Waals surface area contributed by atoms with Crippen LogP contribution in [0.1, 0.15) is 48.4 Å². The van der Waals surface area contributed by atoms with Crippen LogP contribution in [0, 0.1) is 6.92 Å². The maximum absolute atomic E-state index is 12.3. The zero-order valence-corrected chi connectivity index (χ0v) is 15.2. The Hall–Kier alpha value is -2.90. The van der Waals surface area contributed by atoms with Crippen molar-refractivity contribution in [3.63, 3.8) is 0 Å². The molecule has 0 unspecified atom stereocenters. The van der Waals surface area contributed by atoms with Crippen LogP contribution in [0.2, 0.25) is 0 Å². The molecule has 1 heterocycles. The molecule has 138 valence electrons. The fourth-order valence-corrected chi connectivity index (χ4v) is 2.58. The van der Waals surface area contributed by atoms with E-state index in [-0.39, 0.29) is 17.8 Å². The third-order valence-electron chi connectivity index (χ3n) is 4.06. The molecule has 0 spiro atoms. The van der Waals surface area contributed by atoms with Crippen LogP contribution in [-0.2, 0) is 0 Å². The average molecular weight is 356 g/mol. The third-order valence-corrected chi connectivity index (χ3v) is 4.06. The fraction of sp³-hybridized carbons (Fsp3) is 0.444. The number of carbonyl (C=O) groups is 1. The van der Waals surface area contributed by atoms with Crippen LogP contribution < -0.4 is 15.2 Å². The van der Waals surface area contributed by atoms with Gasteiger partial charge in [0.1, 0.15) is 11.4 Å². The zero-order valence-electron chi connectivity index (χ0n) is 15.2. The highest BCUT2D eigenvalue weighted by molar-refractivity contribution is 5.94. The summed E-state index contributed by atoms with van der Waals surface area (Å²) in [6.45, 7) is 6.30. The summed E-state index contributed by atoms with van der Waals surface area (Å²) in [5, 5.41) is 23.0.